The van der Waals surface area contributed by atoms with Gasteiger partial charge in [-0.05, 0) is 38.5 Å². The summed E-state index contributed by atoms with van der Waals surface area (Å²) in [5, 5.41) is 22.3. The number of carbonyl (C=O) groups excluding carboxylic acids is 4. The van der Waals surface area contributed by atoms with Crippen molar-refractivity contribution in [3.63, 3.8) is 0 Å². The molecule has 0 amide bonds. The predicted octanol–water partition coefficient (Wildman–Crippen LogP) is 0.382. The molecule has 27 heavy (non-hydrogen) atoms. The average Bonchev–Trinajstić information content (AvgIpc) is 2.67. The molecule has 0 unspecified atom stereocenters. The van der Waals surface area contributed by atoms with E-state index in [1.807, 2.05) is 0 Å². The number of aliphatic carboxylic acids is 2. The van der Waals surface area contributed by atoms with Gasteiger partial charge in [0.15, 0.2) is 0 Å². The molecule has 0 heterocycles. The Balaban J connectivity index is 1.69. The average molecular weight is 380 g/mol. The van der Waals surface area contributed by atoms with Crippen LogP contribution in [-0.2, 0) is 23.9 Å². The summed E-state index contributed by atoms with van der Waals surface area (Å²) < 4.78 is 5.20. The molecule has 0 aliphatic heterocycles. The molecule has 2 fully saturated rings. The number of Topliss-reactive ketones (excluding diaryl/α,β-unsaturated/α-hetero) is 1. The van der Waals surface area contributed by atoms with Crippen LogP contribution in [0.2, 0.25) is 0 Å². The molecule has 2 aliphatic rings. The SMILES string of the molecule is O=C([O-])[C@H]1CCCC[C@@H]1C(=O)CCCCOC(=O)[C@@H]1CCCC[C@@H]1C(=O)[O-]. The van der Waals surface area contributed by atoms with Crippen LogP contribution in [0.15, 0.2) is 0 Å². The van der Waals surface area contributed by atoms with E-state index in [0.29, 0.717) is 38.5 Å². The molecule has 7 heteroatoms. The van der Waals surface area contributed by atoms with E-state index < -0.39 is 41.6 Å². The molecule has 152 valence electrons. The Morgan fingerprint density at radius 3 is 1.74 bits per heavy atom. The molecule has 2 rings (SSSR count). The molecule has 0 spiro atoms. The van der Waals surface area contributed by atoms with Crippen molar-refractivity contribution in [3.8, 4) is 0 Å². The van der Waals surface area contributed by atoms with Crippen LogP contribution in [0.3, 0.4) is 0 Å². The Bertz CT molecular complexity index is 509. The Morgan fingerprint density at radius 2 is 1.19 bits per heavy atom. The first-order valence-electron chi connectivity index (χ1n) is 10.0. The van der Waals surface area contributed by atoms with Gasteiger partial charge in [-0.1, -0.05) is 25.7 Å². The third-order valence-electron chi connectivity index (χ3n) is 5.92. The number of ketones is 1. The minimum absolute atomic E-state index is 0.0560. The lowest BCUT2D eigenvalue weighted by Crippen LogP contribution is -2.41. The quantitative estimate of drug-likeness (QED) is 0.418. The Morgan fingerprint density at radius 1 is 0.704 bits per heavy atom. The van der Waals surface area contributed by atoms with Crippen molar-refractivity contribution in [2.75, 3.05) is 6.61 Å². The number of ether oxygens (including phenoxy) is 1. The van der Waals surface area contributed by atoms with Crippen molar-refractivity contribution in [1.82, 2.24) is 0 Å². The molecule has 0 aromatic carbocycles. The van der Waals surface area contributed by atoms with E-state index in [1.165, 1.54) is 0 Å². The van der Waals surface area contributed by atoms with Gasteiger partial charge in [-0.2, -0.15) is 0 Å². The maximum Gasteiger partial charge on any atom is 0.309 e. The first kappa shape index (κ1) is 21.4. The predicted molar refractivity (Wildman–Crippen MR) is 90.7 cm³/mol. The molecule has 0 aromatic rings. The zero-order valence-electron chi connectivity index (χ0n) is 15.7. The van der Waals surface area contributed by atoms with Crippen molar-refractivity contribution < 1.29 is 34.1 Å². The molecule has 0 bridgehead atoms. The van der Waals surface area contributed by atoms with E-state index in [1.54, 1.807) is 0 Å². The van der Waals surface area contributed by atoms with Crippen LogP contribution < -0.4 is 10.2 Å². The van der Waals surface area contributed by atoms with Crippen LogP contribution in [0.1, 0.15) is 70.6 Å². The lowest BCUT2D eigenvalue weighted by atomic mass is 9.76. The molecule has 2 aliphatic carbocycles. The van der Waals surface area contributed by atoms with Crippen molar-refractivity contribution in [2.45, 2.75) is 70.6 Å². The molecular formula is C20H28O7-2. The van der Waals surface area contributed by atoms with Crippen LogP contribution in [0.4, 0.5) is 0 Å². The fourth-order valence-corrected chi connectivity index (χ4v) is 4.36. The van der Waals surface area contributed by atoms with Crippen LogP contribution >= 0.6 is 0 Å². The van der Waals surface area contributed by atoms with Gasteiger partial charge in [-0.3, -0.25) is 9.59 Å². The van der Waals surface area contributed by atoms with Crippen LogP contribution in [-0.4, -0.2) is 30.3 Å². The third kappa shape index (κ3) is 6.04. The highest BCUT2D eigenvalue weighted by Gasteiger charge is 2.33. The highest BCUT2D eigenvalue weighted by atomic mass is 16.5. The van der Waals surface area contributed by atoms with Crippen molar-refractivity contribution >= 4 is 23.7 Å². The molecule has 0 N–H and O–H groups in total. The molecular weight excluding hydrogens is 352 g/mol. The van der Waals surface area contributed by atoms with E-state index in [0.717, 1.165) is 25.7 Å². The van der Waals surface area contributed by atoms with Crippen molar-refractivity contribution in [2.24, 2.45) is 23.7 Å². The van der Waals surface area contributed by atoms with E-state index in [9.17, 15) is 29.4 Å². The summed E-state index contributed by atoms with van der Waals surface area (Å²) in [4.78, 5) is 46.7. The van der Waals surface area contributed by atoms with Gasteiger partial charge in [0.2, 0.25) is 0 Å². The van der Waals surface area contributed by atoms with Gasteiger partial charge in [0.05, 0.1) is 12.5 Å². The number of carboxylic acids is 2. The Hall–Kier alpha value is -1.92. The minimum atomic E-state index is -1.20. The highest BCUT2D eigenvalue weighted by molar-refractivity contribution is 5.86. The van der Waals surface area contributed by atoms with E-state index >= 15 is 0 Å². The monoisotopic (exact) mass is 380 g/mol. The van der Waals surface area contributed by atoms with E-state index in [2.05, 4.69) is 0 Å². The van der Waals surface area contributed by atoms with Gasteiger partial charge < -0.3 is 24.5 Å². The number of hydrogen-bond acceptors (Lipinski definition) is 7. The number of carbonyl (C=O) groups is 4. The maximum absolute atomic E-state index is 12.3. The molecule has 0 radical (unpaired) electrons. The summed E-state index contributed by atoms with van der Waals surface area (Å²) in [6.45, 7) is 0.136. The van der Waals surface area contributed by atoms with E-state index in [-0.39, 0.29) is 18.8 Å². The second-order valence-corrected chi connectivity index (χ2v) is 7.72. The summed E-state index contributed by atoms with van der Waals surface area (Å²) in [6, 6.07) is 0. The van der Waals surface area contributed by atoms with Gasteiger partial charge in [-0.25, -0.2) is 0 Å². The second-order valence-electron chi connectivity index (χ2n) is 7.72. The van der Waals surface area contributed by atoms with Gasteiger partial charge in [-0.15, -0.1) is 0 Å². The maximum atomic E-state index is 12.3. The number of rotatable bonds is 9. The molecule has 7 nitrogen and oxygen atoms in total. The third-order valence-corrected chi connectivity index (χ3v) is 5.92. The molecule has 2 saturated carbocycles. The first-order valence-corrected chi connectivity index (χ1v) is 10.0. The van der Waals surface area contributed by atoms with Gasteiger partial charge in [0.25, 0.3) is 0 Å². The zero-order chi connectivity index (χ0) is 19.8. The normalized spacial score (nSPS) is 28.3. The summed E-state index contributed by atoms with van der Waals surface area (Å²) >= 11 is 0. The van der Waals surface area contributed by atoms with Crippen LogP contribution in [0.25, 0.3) is 0 Å². The number of unbranched alkanes of at least 4 members (excludes halogenated alkanes) is 1. The topological polar surface area (TPSA) is 124 Å². The minimum Gasteiger partial charge on any atom is -0.550 e. The smallest absolute Gasteiger partial charge is 0.309 e. The lowest BCUT2D eigenvalue weighted by molar-refractivity contribution is -0.315. The van der Waals surface area contributed by atoms with Gasteiger partial charge in [0.1, 0.15) is 5.78 Å². The van der Waals surface area contributed by atoms with Crippen molar-refractivity contribution in [3.05, 3.63) is 0 Å². The Labute approximate surface area is 159 Å². The van der Waals surface area contributed by atoms with Crippen LogP contribution in [0.5, 0.6) is 0 Å². The fraction of sp³-hybridized carbons (Fsp3) is 0.800. The van der Waals surface area contributed by atoms with Crippen molar-refractivity contribution in [1.29, 1.82) is 0 Å². The summed E-state index contributed by atoms with van der Waals surface area (Å²) in [7, 11) is 0. The second kappa shape index (κ2) is 10.4. The van der Waals surface area contributed by atoms with Gasteiger partial charge >= 0.3 is 5.97 Å². The number of carboxylic acid groups (broad SMARTS) is 2. The summed E-state index contributed by atoms with van der Waals surface area (Å²) in [6.07, 6.45) is 6.55. The molecule has 0 aromatic heterocycles. The van der Waals surface area contributed by atoms with Crippen LogP contribution in [0, 0.1) is 23.7 Å². The number of esters is 1. The molecule has 4 atom stereocenters. The fourth-order valence-electron chi connectivity index (χ4n) is 4.36. The first-order chi connectivity index (χ1) is 12.9. The summed E-state index contributed by atoms with van der Waals surface area (Å²) in [5.41, 5.74) is 0. The lowest BCUT2D eigenvalue weighted by Gasteiger charge is -2.31. The van der Waals surface area contributed by atoms with E-state index in [4.69, 9.17) is 4.74 Å². The number of hydrogen-bond donors (Lipinski definition) is 0. The largest absolute Gasteiger partial charge is 0.550 e. The Kier molecular flexibility index (Phi) is 8.25. The highest BCUT2D eigenvalue weighted by Crippen LogP contribution is 2.32. The standard InChI is InChI=1S/C20H30O7/c21-17(13-7-1-2-8-14(13)18(22)23)11-5-6-12-27-20(26)16-10-4-3-9-15(16)19(24)25/h13-16H,1-12H2,(H,22,23)(H,24,25)/p-2/t13-,14-,15-,16+/m0/s1. The zero-order valence-corrected chi connectivity index (χ0v) is 15.7. The molecule has 0 saturated heterocycles. The van der Waals surface area contributed by atoms with Gasteiger partial charge in [0, 0.05) is 36.1 Å². The summed E-state index contributed by atoms with van der Waals surface area (Å²) in [5.74, 6) is -5.46.